The zero-order valence-corrected chi connectivity index (χ0v) is 15.2. The molecule has 134 valence electrons. The van der Waals surface area contributed by atoms with Crippen molar-refractivity contribution in [1.29, 1.82) is 0 Å². The SMILES string of the molecule is CCOc1cc2nccc(Nc3cccc(C(C)=O)c3)c2cc1OCC. The van der Waals surface area contributed by atoms with Gasteiger partial charge in [-0.3, -0.25) is 9.78 Å². The molecule has 5 heteroatoms. The highest BCUT2D eigenvalue weighted by atomic mass is 16.5. The van der Waals surface area contributed by atoms with Crippen LogP contribution >= 0.6 is 0 Å². The molecule has 0 bridgehead atoms. The van der Waals surface area contributed by atoms with Gasteiger partial charge in [0.1, 0.15) is 0 Å². The Kier molecular flexibility index (Phi) is 5.37. The number of anilines is 2. The van der Waals surface area contributed by atoms with E-state index in [2.05, 4.69) is 10.3 Å². The third kappa shape index (κ3) is 3.77. The van der Waals surface area contributed by atoms with Crippen LogP contribution in [0, 0.1) is 0 Å². The molecule has 0 spiro atoms. The standard InChI is InChI=1S/C21H22N2O3/c1-4-25-20-12-17-18(9-10-22-19(17)13-21(20)26-5-2)23-16-8-6-7-15(11-16)14(3)24/h6-13H,4-5H2,1-3H3,(H,22,23). The number of carbonyl (C=O) groups excluding carboxylic acids is 1. The van der Waals surface area contributed by atoms with Gasteiger partial charge in [0.2, 0.25) is 0 Å². The highest BCUT2D eigenvalue weighted by molar-refractivity contribution is 5.97. The maximum atomic E-state index is 11.6. The van der Waals surface area contributed by atoms with E-state index in [9.17, 15) is 4.79 Å². The van der Waals surface area contributed by atoms with Crippen molar-refractivity contribution >= 4 is 28.1 Å². The Morgan fingerprint density at radius 3 is 2.46 bits per heavy atom. The third-order valence-corrected chi connectivity index (χ3v) is 3.95. The van der Waals surface area contributed by atoms with Crippen molar-refractivity contribution in [2.75, 3.05) is 18.5 Å². The molecule has 0 fully saturated rings. The molecule has 0 saturated heterocycles. The summed E-state index contributed by atoms with van der Waals surface area (Å²) >= 11 is 0. The van der Waals surface area contributed by atoms with Crippen LogP contribution in [0.15, 0.2) is 48.7 Å². The minimum Gasteiger partial charge on any atom is -0.490 e. The lowest BCUT2D eigenvalue weighted by molar-refractivity contribution is 0.101. The first-order chi connectivity index (χ1) is 12.6. The topological polar surface area (TPSA) is 60.5 Å². The van der Waals surface area contributed by atoms with Crippen LogP contribution in [0.2, 0.25) is 0 Å². The Balaban J connectivity index is 2.04. The van der Waals surface area contributed by atoms with Gasteiger partial charge in [-0.05, 0) is 45.0 Å². The van der Waals surface area contributed by atoms with Gasteiger partial charge < -0.3 is 14.8 Å². The molecule has 1 N–H and O–H groups in total. The van der Waals surface area contributed by atoms with E-state index in [-0.39, 0.29) is 5.78 Å². The van der Waals surface area contributed by atoms with Crippen molar-refractivity contribution in [2.45, 2.75) is 20.8 Å². The molecule has 0 radical (unpaired) electrons. The van der Waals surface area contributed by atoms with Crippen LogP contribution in [0.3, 0.4) is 0 Å². The largest absolute Gasteiger partial charge is 0.490 e. The Morgan fingerprint density at radius 2 is 1.77 bits per heavy atom. The first kappa shape index (κ1) is 17.7. The summed E-state index contributed by atoms with van der Waals surface area (Å²) in [6, 6.07) is 13.2. The van der Waals surface area contributed by atoms with Crippen molar-refractivity contribution in [3.63, 3.8) is 0 Å². The van der Waals surface area contributed by atoms with Crippen molar-refractivity contribution in [3.8, 4) is 11.5 Å². The normalized spacial score (nSPS) is 10.6. The molecule has 0 aliphatic rings. The number of nitrogens with zero attached hydrogens (tertiary/aromatic N) is 1. The molecule has 0 atom stereocenters. The highest BCUT2D eigenvalue weighted by Crippen LogP contribution is 2.35. The molecule has 0 saturated carbocycles. The van der Waals surface area contributed by atoms with E-state index in [1.54, 1.807) is 19.2 Å². The quantitative estimate of drug-likeness (QED) is 0.609. The minimum atomic E-state index is 0.0354. The van der Waals surface area contributed by atoms with Gasteiger partial charge in [0, 0.05) is 34.6 Å². The van der Waals surface area contributed by atoms with Gasteiger partial charge in [0.15, 0.2) is 17.3 Å². The number of ketones is 1. The van der Waals surface area contributed by atoms with E-state index in [0.29, 0.717) is 30.3 Å². The average Bonchev–Trinajstić information content (AvgIpc) is 2.63. The fourth-order valence-electron chi connectivity index (χ4n) is 2.77. The van der Waals surface area contributed by atoms with E-state index < -0.39 is 0 Å². The molecule has 5 nitrogen and oxygen atoms in total. The molecule has 2 aromatic carbocycles. The third-order valence-electron chi connectivity index (χ3n) is 3.95. The first-order valence-electron chi connectivity index (χ1n) is 8.68. The number of rotatable bonds is 7. The van der Waals surface area contributed by atoms with Gasteiger partial charge in [-0.1, -0.05) is 12.1 Å². The lowest BCUT2D eigenvalue weighted by Crippen LogP contribution is -2.00. The summed E-state index contributed by atoms with van der Waals surface area (Å²) in [6.45, 7) is 6.55. The van der Waals surface area contributed by atoms with Gasteiger partial charge in [-0.25, -0.2) is 0 Å². The zero-order chi connectivity index (χ0) is 18.5. The molecule has 1 heterocycles. The molecule has 3 aromatic rings. The van der Waals surface area contributed by atoms with Crippen molar-refractivity contribution in [2.24, 2.45) is 0 Å². The van der Waals surface area contributed by atoms with Crippen LogP contribution in [-0.4, -0.2) is 24.0 Å². The number of fused-ring (bicyclic) bond motifs is 1. The van der Waals surface area contributed by atoms with Gasteiger partial charge in [-0.2, -0.15) is 0 Å². The van der Waals surface area contributed by atoms with Crippen molar-refractivity contribution in [3.05, 3.63) is 54.2 Å². The maximum absolute atomic E-state index is 11.6. The Bertz CT molecular complexity index is 938. The summed E-state index contributed by atoms with van der Waals surface area (Å²) in [5.74, 6) is 1.41. The molecular weight excluding hydrogens is 328 g/mol. The number of hydrogen-bond donors (Lipinski definition) is 1. The van der Waals surface area contributed by atoms with Crippen molar-refractivity contribution < 1.29 is 14.3 Å². The minimum absolute atomic E-state index is 0.0354. The number of carbonyl (C=O) groups is 1. The predicted molar refractivity (Wildman–Crippen MR) is 104 cm³/mol. The molecule has 26 heavy (non-hydrogen) atoms. The van der Waals surface area contributed by atoms with E-state index in [4.69, 9.17) is 9.47 Å². The number of pyridine rings is 1. The summed E-state index contributed by atoms with van der Waals surface area (Å²) in [6.07, 6.45) is 1.75. The van der Waals surface area contributed by atoms with Crippen LogP contribution in [0.4, 0.5) is 11.4 Å². The van der Waals surface area contributed by atoms with E-state index in [1.165, 1.54) is 0 Å². The average molecular weight is 350 g/mol. The Labute approximate surface area is 153 Å². The van der Waals surface area contributed by atoms with Gasteiger partial charge in [0.25, 0.3) is 0 Å². The molecule has 0 amide bonds. The van der Waals surface area contributed by atoms with Crippen LogP contribution in [-0.2, 0) is 0 Å². The summed E-state index contributed by atoms with van der Waals surface area (Å²) in [5, 5.41) is 4.30. The summed E-state index contributed by atoms with van der Waals surface area (Å²) in [4.78, 5) is 16.1. The molecule has 1 aromatic heterocycles. The summed E-state index contributed by atoms with van der Waals surface area (Å²) in [5.41, 5.74) is 3.21. The number of ether oxygens (including phenoxy) is 2. The lowest BCUT2D eigenvalue weighted by Gasteiger charge is -2.15. The van der Waals surface area contributed by atoms with Crippen LogP contribution < -0.4 is 14.8 Å². The smallest absolute Gasteiger partial charge is 0.163 e. The van der Waals surface area contributed by atoms with Crippen LogP contribution in [0.5, 0.6) is 11.5 Å². The van der Waals surface area contributed by atoms with Crippen molar-refractivity contribution in [1.82, 2.24) is 4.98 Å². The first-order valence-corrected chi connectivity index (χ1v) is 8.68. The second-order valence-corrected chi connectivity index (χ2v) is 5.80. The molecule has 0 aliphatic carbocycles. The second kappa shape index (κ2) is 7.87. The number of benzene rings is 2. The summed E-state index contributed by atoms with van der Waals surface area (Å²) < 4.78 is 11.4. The van der Waals surface area contributed by atoms with E-state index >= 15 is 0 Å². The Morgan fingerprint density at radius 1 is 1.04 bits per heavy atom. The Hall–Kier alpha value is -3.08. The predicted octanol–water partition coefficient (Wildman–Crippen LogP) is 4.98. The van der Waals surface area contributed by atoms with Crippen LogP contribution in [0.25, 0.3) is 10.9 Å². The number of aromatic nitrogens is 1. The number of Topliss-reactive ketones (excluding diaryl/α,β-unsaturated/α-hetero) is 1. The van der Waals surface area contributed by atoms with Gasteiger partial charge in [0.05, 0.1) is 18.7 Å². The lowest BCUT2D eigenvalue weighted by atomic mass is 10.1. The zero-order valence-electron chi connectivity index (χ0n) is 15.2. The fraction of sp³-hybridized carbons (Fsp3) is 0.238. The second-order valence-electron chi connectivity index (χ2n) is 5.80. The maximum Gasteiger partial charge on any atom is 0.163 e. The number of nitrogens with one attached hydrogen (secondary N) is 1. The monoisotopic (exact) mass is 350 g/mol. The van der Waals surface area contributed by atoms with E-state index in [1.807, 2.05) is 50.2 Å². The van der Waals surface area contributed by atoms with E-state index in [0.717, 1.165) is 22.3 Å². The molecular formula is C21H22N2O3. The molecule has 0 unspecified atom stereocenters. The van der Waals surface area contributed by atoms with Crippen LogP contribution in [0.1, 0.15) is 31.1 Å². The number of hydrogen-bond acceptors (Lipinski definition) is 5. The van der Waals surface area contributed by atoms with Gasteiger partial charge in [-0.15, -0.1) is 0 Å². The highest BCUT2D eigenvalue weighted by Gasteiger charge is 2.11. The molecule has 0 aliphatic heterocycles. The molecule has 3 rings (SSSR count). The van der Waals surface area contributed by atoms with Gasteiger partial charge >= 0.3 is 0 Å². The fourth-order valence-corrected chi connectivity index (χ4v) is 2.77. The summed E-state index contributed by atoms with van der Waals surface area (Å²) in [7, 11) is 0.